The van der Waals surface area contributed by atoms with Crippen molar-refractivity contribution in [3.05, 3.63) is 34.2 Å². The lowest BCUT2D eigenvalue weighted by atomic mass is 10.2. The van der Waals surface area contributed by atoms with Crippen molar-refractivity contribution in [1.29, 1.82) is 5.26 Å². The van der Waals surface area contributed by atoms with E-state index in [0.717, 1.165) is 12.8 Å². The molecule has 1 aliphatic carbocycles. The number of aromatic nitrogens is 1. The van der Waals surface area contributed by atoms with Crippen LogP contribution in [0.15, 0.2) is 23.1 Å². The summed E-state index contributed by atoms with van der Waals surface area (Å²) >= 11 is 0. The van der Waals surface area contributed by atoms with Gasteiger partial charge in [-0.1, -0.05) is 6.07 Å². The third-order valence-electron chi connectivity index (χ3n) is 2.26. The zero-order chi connectivity index (χ0) is 9.26. The average molecular weight is 174 g/mol. The van der Waals surface area contributed by atoms with Gasteiger partial charge in [-0.05, 0) is 18.9 Å². The zero-order valence-corrected chi connectivity index (χ0v) is 7.23. The van der Waals surface area contributed by atoms with E-state index in [2.05, 4.69) is 0 Å². The molecule has 0 aromatic carbocycles. The van der Waals surface area contributed by atoms with Gasteiger partial charge in [0.05, 0.1) is 12.5 Å². The molecular weight excluding hydrogens is 164 g/mol. The number of rotatable bonds is 2. The van der Waals surface area contributed by atoms with Crippen molar-refractivity contribution in [2.24, 2.45) is 0 Å². The highest BCUT2D eigenvalue weighted by Crippen LogP contribution is 2.33. The van der Waals surface area contributed by atoms with E-state index in [1.165, 1.54) is 0 Å². The Morgan fingerprint density at radius 1 is 1.62 bits per heavy atom. The molecule has 3 heteroatoms. The standard InChI is InChI=1S/C10H10N2O/c11-6-5-8-2-1-7-12(10(8)13)9-3-4-9/h1-2,7,9H,3-5H2. The van der Waals surface area contributed by atoms with Crippen LogP contribution in [0.4, 0.5) is 0 Å². The van der Waals surface area contributed by atoms with E-state index in [0.29, 0.717) is 11.6 Å². The first kappa shape index (κ1) is 8.06. The van der Waals surface area contributed by atoms with Gasteiger partial charge >= 0.3 is 0 Å². The van der Waals surface area contributed by atoms with Crippen molar-refractivity contribution in [3.8, 4) is 6.07 Å². The fourth-order valence-electron chi connectivity index (χ4n) is 1.42. The van der Waals surface area contributed by atoms with E-state index in [1.807, 2.05) is 12.1 Å². The highest BCUT2D eigenvalue weighted by molar-refractivity contribution is 5.15. The van der Waals surface area contributed by atoms with Gasteiger partial charge < -0.3 is 4.57 Å². The van der Waals surface area contributed by atoms with Gasteiger partial charge in [0, 0.05) is 17.8 Å². The lowest BCUT2D eigenvalue weighted by Gasteiger charge is -2.03. The second kappa shape index (κ2) is 3.06. The van der Waals surface area contributed by atoms with E-state index in [1.54, 1.807) is 16.8 Å². The molecule has 0 bridgehead atoms. The first-order chi connectivity index (χ1) is 6.33. The van der Waals surface area contributed by atoms with Gasteiger partial charge in [-0.25, -0.2) is 0 Å². The normalized spacial score (nSPS) is 15.3. The Hall–Kier alpha value is -1.56. The van der Waals surface area contributed by atoms with Gasteiger partial charge in [-0.15, -0.1) is 0 Å². The molecule has 1 aromatic heterocycles. The third kappa shape index (κ3) is 1.48. The van der Waals surface area contributed by atoms with Gasteiger partial charge in [-0.3, -0.25) is 4.79 Å². The van der Waals surface area contributed by atoms with Gasteiger partial charge in [0.25, 0.3) is 5.56 Å². The molecule has 0 atom stereocenters. The SMILES string of the molecule is N#CCc1cccn(C2CC2)c1=O. The molecule has 1 aromatic rings. The van der Waals surface area contributed by atoms with Crippen molar-refractivity contribution in [2.45, 2.75) is 25.3 Å². The Kier molecular flexibility index (Phi) is 1.90. The largest absolute Gasteiger partial charge is 0.312 e. The molecule has 13 heavy (non-hydrogen) atoms. The fourth-order valence-corrected chi connectivity index (χ4v) is 1.42. The van der Waals surface area contributed by atoms with Crippen molar-refractivity contribution in [1.82, 2.24) is 4.57 Å². The van der Waals surface area contributed by atoms with Crippen LogP contribution >= 0.6 is 0 Å². The molecule has 0 amide bonds. The van der Waals surface area contributed by atoms with Crippen LogP contribution < -0.4 is 5.56 Å². The first-order valence-electron chi connectivity index (χ1n) is 4.40. The van der Waals surface area contributed by atoms with Crippen LogP contribution in [0, 0.1) is 11.3 Å². The molecule has 0 radical (unpaired) electrons. The molecule has 0 spiro atoms. The van der Waals surface area contributed by atoms with Crippen LogP contribution in [0.5, 0.6) is 0 Å². The molecule has 3 nitrogen and oxygen atoms in total. The summed E-state index contributed by atoms with van der Waals surface area (Å²) in [6.07, 6.45) is 4.21. The summed E-state index contributed by atoms with van der Waals surface area (Å²) in [5, 5.41) is 8.49. The molecule has 2 rings (SSSR count). The number of hydrogen-bond acceptors (Lipinski definition) is 2. The van der Waals surface area contributed by atoms with Crippen LogP contribution in [0.1, 0.15) is 24.4 Å². The quantitative estimate of drug-likeness (QED) is 0.677. The molecule has 1 aliphatic rings. The highest BCUT2D eigenvalue weighted by Gasteiger charge is 2.24. The molecule has 0 unspecified atom stereocenters. The average Bonchev–Trinajstić information content (AvgIpc) is 2.92. The number of pyridine rings is 1. The minimum atomic E-state index is 0.00606. The van der Waals surface area contributed by atoms with Crippen LogP contribution in [0.25, 0.3) is 0 Å². The Labute approximate surface area is 76.2 Å². The van der Waals surface area contributed by atoms with Crippen molar-refractivity contribution in [2.75, 3.05) is 0 Å². The minimum absolute atomic E-state index is 0.00606. The number of nitriles is 1. The van der Waals surface area contributed by atoms with Crippen LogP contribution in [-0.4, -0.2) is 4.57 Å². The molecule has 0 N–H and O–H groups in total. The van der Waals surface area contributed by atoms with Gasteiger partial charge in [0.15, 0.2) is 0 Å². The topological polar surface area (TPSA) is 45.8 Å². The number of hydrogen-bond donors (Lipinski definition) is 0. The summed E-state index contributed by atoms with van der Waals surface area (Å²) in [5.41, 5.74) is 0.614. The molecule has 0 aliphatic heterocycles. The Balaban J connectivity index is 2.43. The van der Waals surface area contributed by atoms with Crippen molar-refractivity contribution in [3.63, 3.8) is 0 Å². The van der Waals surface area contributed by atoms with Crippen LogP contribution in [0.2, 0.25) is 0 Å². The van der Waals surface area contributed by atoms with Gasteiger partial charge in [-0.2, -0.15) is 5.26 Å². The first-order valence-corrected chi connectivity index (χ1v) is 4.40. The maximum Gasteiger partial charge on any atom is 0.255 e. The fraction of sp³-hybridized carbons (Fsp3) is 0.400. The molecule has 1 heterocycles. The Morgan fingerprint density at radius 2 is 2.38 bits per heavy atom. The third-order valence-corrected chi connectivity index (χ3v) is 2.26. The van der Waals surface area contributed by atoms with Crippen molar-refractivity contribution < 1.29 is 0 Å². The predicted molar refractivity (Wildman–Crippen MR) is 48.3 cm³/mol. The predicted octanol–water partition coefficient (Wildman–Crippen LogP) is 1.25. The summed E-state index contributed by atoms with van der Waals surface area (Å²) in [6.45, 7) is 0. The monoisotopic (exact) mass is 174 g/mol. The van der Waals surface area contributed by atoms with Crippen LogP contribution in [0.3, 0.4) is 0 Å². The highest BCUT2D eigenvalue weighted by atomic mass is 16.1. The maximum atomic E-state index is 11.7. The second-order valence-corrected chi connectivity index (χ2v) is 3.31. The lowest BCUT2D eigenvalue weighted by molar-refractivity contribution is 0.699. The summed E-state index contributed by atoms with van der Waals surface area (Å²) in [7, 11) is 0. The van der Waals surface area contributed by atoms with E-state index < -0.39 is 0 Å². The van der Waals surface area contributed by atoms with E-state index >= 15 is 0 Å². The zero-order valence-electron chi connectivity index (χ0n) is 7.23. The molecular formula is C10H10N2O. The van der Waals surface area contributed by atoms with E-state index in [9.17, 15) is 4.79 Å². The van der Waals surface area contributed by atoms with Crippen molar-refractivity contribution >= 4 is 0 Å². The molecule has 66 valence electrons. The van der Waals surface area contributed by atoms with Gasteiger partial charge in [0.1, 0.15) is 0 Å². The summed E-state index contributed by atoms with van der Waals surface area (Å²) < 4.78 is 1.74. The second-order valence-electron chi connectivity index (χ2n) is 3.31. The smallest absolute Gasteiger partial charge is 0.255 e. The Morgan fingerprint density at radius 3 is 3.00 bits per heavy atom. The molecule has 0 saturated heterocycles. The summed E-state index contributed by atoms with van der Waals surface area (Å²) in [4.78, 5) is 11.7. The number of nitrogens with zero attached hydrogens (tertiary/aromatic N) is 2. The van der Waals surface area contributed by atoms with E-state index in [4.69, 9.17) is 5.26 Å². The minimum Gasteiger partial charge on any atom is -0.312 e. The maximum absolute atomic E-state index is 11.7. The molecule has 1 fully saturated rings. The summed E-state index contributed by atoms with van der Waals surface area (Å²) in [6, 6.07) is 5.96. The molecule has 1 saturated carbocycles. The van der Waals surface area contributed by atoms with E-state index in [-0.39, 0.29) is 12.0 Å². The van der Waals surface area contributed by atoms with Gasteiger partial charge in [0.2, 0.25) is 0 Å². The lowest BCUT2D eigenvalue weighted by Crippen LogP contribution is -2.21. The van der Waals surface area contributed by atoms with Crippen LogP contribution in [-0.2, 0) is 6.42 Å². The summed E-state index contributed by atoms with van der Waals surface area (Å²) in [5.74, 6) is 0. The Bertz CT molecular complexity index is 410.